The second-order valence-corrected chi connectivity index (χ2v) is 11.5. The van der Waals surface area contributed by atoms with Crippen molar-refractivity contribution in [1.29, 1.82) is 5.26 Å². The highest BCUT2D eigenvalue weighted by atomic mass is 35.5. The van der Waals surface area contributed by atoms with Crippen molar-refractivity contribution < 1.29 is 18.0 Å². The number of rotatable bonds is 11. The molecule has 3 aromatic rings. The van der Waals surface area contributed by atoms with E-state index in [9.17, 15) is 23.3 Å². The molecule has 1 N–H and O–H groups in total. The van der Waals surface area contributed by atoms with Crippen molar-refractivity contribution in [3.05, 3.63) is 99.0 Å². The number of nitrogens with zero attached hydrogens (tertiary/aromatic N) is 3. The third-order valence-electron chi connectivity index (χ3n) is 6.12. The number of likely N-dealkylation sites (N-methyl/N-ethyl adjacent to an activating group) is 1. The number of halogens is 2. The Hall–Kier alpha value is -3.42. The quantitative estimate of drug-likeness (QED) is 0.362. The van der Waals surface area contributed by atoms with Crippen molar-refractivity contribution in [2.24, 2.45) is 0 Å². The predicted octanol–water partition coefficient (Wildman–Crippen LogP) is 4.18. The molecule has 3 aromatic carbocycles. The average Bonchev–Trinajstić information content (AvgIpc) is 2.93. The molecule has 0 aliphatic heterocycles. The van der Waals surface area contributed by atoms with Gasteiger partial charge in [-0.05, 0) is 48.2 Å². The Morgan fingerprint density at radius 1 is 1.00 bits per heavy atom. The molecule has 0 aromatic heterocycles. The predicted molar refractivity (Wildman–Crippen MR) is 151 cm³/mol. The lowest BCUT2D eigenvalue weighted by Crippen LogP contribution is -2.44. The minimum absolute atomic E-state index is 0.0105. The van der Waals surface area contributed by atoms with E-state index in [2.05, 4.69) is 11.4 Å². The van der Waals surface area contributed by atoms with Crippen LogP contribution in [-0.4, -0.2) is 56.1 Å². The van der Waals surface area contributed by atoms with Gasteiger partial charge in [-0.25, -0.2) is 8.42 Å². The van der Waals surface area contributed by atoms with Crippen LogP contribution >= 0.6 is 23.2 Å². The number of nitrogens with one attached hydrogen (secondary N) is 1. The fourth-order valence-electron chi connectivity index (χ4n) is 3.79. The van der Waals surface area contributed by atoms with Crippen LogP contribution in [0.3, 0.4) is 0 Å². The SMILES string of the molecule is Cc1c(Cl)ccc(S(=O)(=O)N(CCc2ccccc2)CC(=O)NCC(=O)N(C)Cc2ccccc2C#N)c1Cl. The van der Waals surface area contributed by atoms with Gasteiger partial charge in [0.1, 0.15) is 4.90 Å². The van der Waals surface area contributed by atoms with E-state index in [4.69, 9.17) is 23.2 Å². The molecule has 204 valence electrons. The number of hydrogen-bond acceptors (Lipinski definition) is 5. The second-order valence-electron chi connectivity index (χ2n) is 8.85. The van der Waals surface area contributed by atoms with Gasteiger partial charge in [-0.2, -0.15) is 9.57 Å². The largest absolute Gasteiger partial charge is 0.346 e. The van der Waals surface area contributed by atoms with Gasteiger partial charge in [-0.1, -0.05) is 71.7 Å². The summed E-state index contributed by atoms with van der Waals surface area (Å²) < 4.78 is 28.2. The van der Waals surface area contributed by atoms with Gasteiger partial charge in [0.05, 0.1) is 29.7 Å². The van der Waals surface area contributed by atoms with Crippen LogP contribution in [0.1, 0.15) is 22.3 Å². The van der Waals surface area contributed by atoms with E-state index in [0.29, 0.717) is 28.1 Å². The van der Waals surface area contributed by atoms with E-state index in [-0.39, 0.29) is 29.6 Å². The summed E-state index contributed by atoms with van der Waals surface area (Å²) in [5.74, 6) is -1.04. The normalized spacial score (nSPS) is 11.2. The molecule has 0 unspecified atom stereocenters. The molecule has 0 spiro atoms. The molecule has 0 bridgehead atoms. The second kappa shape index (κ2) is 13.6. The summed E-state index contributed by atoms with van der Waals surface area (Å²) in [6.07, 6.45) is 0.359. The van der Waals surface area contributed by atoms with E-state index in [1.165, 1.54) is 17.0 Å². The summed E-state index contributed by atoms with van der Waals surface area (Å²) in [6, 6.07) is 21.0. The smallest absolute Gasteiger partial charge is 0.245 e. The molecule has 11 heteroatoms. The molecule has 0 fully saturated rings. The first-order valence-electron chi connectivity index (χ1n) is 12.0. The number of hydrogen-bond donors (Lipinski definition) is 1. The molecule has 0 aliphatic carbocycles. The third-order valence-corrected chi connectivity index (χ3v) is 9.02. The highest BCUT2D eigenvalue weighted by Crippen LogP contribution is 2.32. The van der Waals surface area contributed by atoms with Crippen molar-refractivity contribution in [2.75, 3.05) is 26.7 Å². The number of carbonyl (C=O) groups is 2. The Morgan fingerprint density at radius 3 is 2.36 bits per heavy atom. The minimum Gasteiger partial charge on any atom is -0.346 e. The summed E-state index contributed by atoms with van der Waals surface area (Å²) in [5, 5.41) is 12.1. The number of benzene rings is 3. The van der Waals surface area contributed by atoms with Crippen LogP contribution in [0.5, 0.6) is 0 Å². The van der Waals surface area contributed by atoms with Gasteiger partial charge in [0, 0.05) is 25.2 Å². The first kappa shape index (κ1) is 30.1. The van der Waals surface area contributed by atoms with Crippen LogP contribution in [0, 0.1) is 18.3 Å². The standard InChI is InChI=1S/C28H28Cl2N4O4S/c1-20-24(29)12-13-25(28(20)30)39(37,38)34(15-14-21-8-4-3-5-9-21)19-26(35)32-17-27(36)33(2)18-23-11-7-6-10-22(23)16-31/h3-13H,14-15,17-19H2,1-2H3,(H,32,35). The molecule has 8 nitrogen and oxygen atoms in total. The lowest BCUT2D eigenvalue weighted by molar-refractivity contribution is -0.132. The van der Waals surface area contributed by atoms with E-state index in [1.807, 2.05) is 30.3 Å². The Balaban J connectivity index is 1.72. The number of sulfonamides is 1. The number of amides is 2. The lowest BCUT2D eigenvalue weighted by atomic mass is 10.1. The van der Waals surface area contributed by atoms with E-state index in [0.717, 1.165) is 9.87 Å². The molecule has 0 saturated carbocycles. The van der Waals surface area contributed by atoms with Gasteiger partial charge in [-0.15, -0.1) is 0 Å². The Morgan fingerprint density at radius 2 is 1.67 bits per heavy atom. The van der Waals surface area contributed by atoms with Crippen LogP contribution < -0.4 is 5.32 Å². The molecule has 0 radical (unpaired) electrons. The zero-order valence-electron chi connectivity index (χ0n) is 21.5. The van der Waals surface area contributed by atoms with E-state index in [1.54, 1.807) is 38.2 Å². The molecule has 0 saturated heterocycles. The first-order chi connectivity index (χ1) is 18.5. The fourth-order valence-corrected chi connectivity index (χ4v) is 5.97. The zero-order chi connectivity index (χ0) is 28.6. The third kappa shape index (κ3) is 7.80. The van der Waals surface area contributed by atoms with E-state index < -0.39 is 28.4 Å². The molecule has 3 rings (SSSR count). The monoisotopic (exact) mass is 586 g/mol. The maximum atomic E-state index is 13.6. The summed E-state index contributed by atoms with van der Waals surface area (Å²) in [6.45, 7) is 0.960. The molecule has 0 atom stereocenters. The first-order valence-corrected chi connectivity index (χ1v) is 14.2. The Labute approximate surface area is 238 Å². The fraction of sp³-hybridized carbons (Fsp3) is 0.250. The molecule has 0 heterocycles. The maximum absolute atomic E-state index is 13.6. The topological polar surface area (TPSA) is 111 Å². The maximum Gasteiger partial charge on any atom is 0.245 e. The molecule has 39 heavy (non-hydrogen) atoms. The van der Waals surface area contributed by atoms with Gasteiger partial charge >= 0.3 is 0 Å². The van der Waals surface area contributed by atoms with Crippen LogP contribution in [0.15, 0.2) is 71.6 Å². The van der Waals surface area contributed by atoms with Crippen molar-refractivity contribution in [1.82, 2.24) is 14.5 Å². The van der Waals surface area contributed by atoms with Crippen molar-refractivity contribution in [2.45, 2.75) is 24.8 Å². The molecule has 2 amide bonds. The Kier molecular flexibility index (Phi) is 10.5. The lowest BCUT2D eigenvalue weighted by Gasteiger charge is -2.23. The van der Waals surface area contributed by atoms with Crippen LogP contribution in [0.4, 0.5) is 0 Å². The van der Waals surface area contributed by atoms with Crippen molar-refractivity contribution in [3.63, 3.8) is 0 Å². The summed E-state index contributed by atoms with van der Waals surface area (Å²) in [7, 11) is -2.62. The summed E-state index contributed by atoms with van der Waals surface area (Å²) >= 11 is 12.4. The van der Waals surface area contributed by atoms with Crippen molar-refractivity contribution in [3.8, 4) is 6.07 Å². The number of nitriles is 1. The van der Waals surface area contributed by atoms with E-state index >= 15 is 0 Å². The minimum atomic E-state index is -4.18. The van der Waals surface area contributed by atoms with Gasteiger partial charge in [0.25, 0.3) is 0 Å². The van der Waals surface area contributed by atoms with Crippen LogP contribution in [0.25, 0.3) is 0 Å². The average molecular weight is 588 g/mol. The van der Waals surface area contributed by atoms with Gasteiger partial charge in [0.2, 0.25) is 21.8 Å². The zero-order valence-corrected chi connectivity index (χ0v) is 23.9. The summed E-state index contributed by atoms with van der Waals surface area (Å²) in [4.78, 5) is 26.7. The number of carbonyl (C=O) groups excluding carboxylic acids is 2. The molecular weight excluding hydrogens is 559 g/mol. The van der Waals surface area contributed by atoms with Gasteiger partial charge < -0.3 is 10.2 Å². The summed E-state index contributed by atoms with van der Waals surface area (Å²) in [5.41, 5.74) is 2.44. The van der Waals surface area contributed by atoms with Gasteiger partial charge in [0.15, 0.2) is 0 Å². The van der Waals surface area contributed by atoms with Gasteiger partial charge in [-0.3, -0.25) is 9.59 Å². The highest BCUT2D eigenvalue weighted by Gasteiger charge is 2.30. The van der Waals surface area contributed by atoms with Crippen LogP contribution in [-0.2, 0) is 32.6 Å². The Bertz CT molecular complexity index is 1490. The molecular formula is C28H28Cl2N4O4S. The highest BCUT2D eigenvalue weighted by molar-refractivity contribution is 7.89. The molecule has 0 aliphatic rings. The van der Waals surface area contributed by atoms with Crippen molar-refractivity contribution >= 4 is 45.0 Å². The van der Waals surface area contributed by atoms with Crippen LogP contribution in [0.2, 0.25) is 10.0 Å².